The molecule has 4 heteroatoms. The molecule has 0 bridgehead atoms. The smallest absolute Gasteiger partial charge is 0.338 e. The van der Waals surface area contributed by atoms with Gasteiger partial charge >= 0.3 is 11.9 Å². The Morgan fingerprint density at radius 3 is 2.19 bits per heavy atom. The Bertz CT molecular complexity index is 539. The van der Waals surface area contributed by atoms with Gasteiger partial charge < -0.3 is 9.47 Å². The van der Waals surface area contributed by atoms with Crippen LogP contribution in [0.4, 0.5) is 0 Å². The van der Waals surface area contributed by atoms with Gasteiger partial charge in [0.05, 0.1) is 17.7 Å². The van der Waals surface area contributed by atoms with Gasteiger partial charge in [-0.15, -0.1) is 0 Å². The first kappa shape index (κ1) is 22.2. The highest BCUT2D eigenvalue weighted by molar-refractivity contribution is 5.95. The lowest BCUT2D eigenvalue weighted by atomic mass is 10.1. The van der Waals surface area contributed by atoms with Crippen LogP contribution in [-0.4, -0.2) is 24.6 Å². The van der Waals surface area contributed by atoms with Gasteiger partial charge in [-0.3, -0.25) is 0 Å². The second-order valence-corrected chi connectivity index (χ2v) is 6.74. The van der Waals surface area contributed by atoms with Crippen molar-refractivity contribution in [3.8, 4) is 0 Å². The van der Waals surface area contributed by atoms with Crippen LogP contribution in [0.2, 0.25) is 0 Å². The number of esters is 2. The molecule has 0 spiro atoms. The number of hydrogen-bond donors (Lipinski definition) is 0. The fourth-order valence-corrected chi connectivity index (χ4v) is 2.79. The summed E-state index contributed by atoms with van der Waals surface area (Å²) in [4.78, 5) is 24.6. The molecule has 0 aromatic heterocycles. The molecule has 1 aromatic rings. The largest absolute Gasteiger partial charge is 0.462 e. The van der Waals surface area contributed by atoms with Gasteiger partial charge in [0.15, 0.2) is 0 Å². The van der Waals surface area contributed by atoms with E-state index in [0.29, 0.717) is 17.7 Å². The molecule has 4 nitrogen and oxygen atoms in total. The molecule has 0 heterocycles. The molecule has 0 fully saturated rings. The lowest BCUT2D eigenvalue weighted by Gasteiger charge is -2.17. The van der Waals surface area contributed by atoms with Gasteiger partial charge in [0.25, 0.3) is 0 Å². The Kier molecular flexibility index (Phi) is 11.4. The predicted molar refractivity (Wildman–Crippen MR) is 105 cm³/mol. The third-order valence-corrected chi connectivity index (χ3v) is 4.33. The molecule has 1 aromatic carbocycles. The van der Waals surface area contributed by atoms with E-state index in [2.05, 4.69) is 20.8 Å². The molecule has 0 aliphatic carbocycles. The van der Waals surface area contributed by atoms with Crippen molar-refractivity contribution in [1.29, 1.82) is 0 Å². The van der Waals surface area contributed by atoms with E-state index in [1.54, 1.807) is 24.3 Å². The van der Waals surface area contributed by atoms with Gasteiger partial charge in [-0.05, 0) is 37.5 Å². The van der Waals surface area contributed by atoms with E-state index in [4.69, 9.17) is 9.47 Å². The summed E-state index contributed by atoms with van der Waals surface area (Å²) in [6.45, 7) is 6.78. The van der Waals surface area contributed by atoms with Crippen molar-refractivity contribution < 1.29 is 19.1 Å². The van der Waals surface area contributed by atoms with Crippen LogP contribution in [0.3, 0.4) is 0 Å². The molecule has 0 saturated heterocycles. The van der Waals surface area contributed by atoms with Crippen molar-refractivity contribution in [1.82, 2.24) is 0 Å². The first-order chi connectivity index (χ1) is 12.6. The molecule has 1 atom stereocenters. The first-order valence-electron chi connectivity index (χ1n) is 10.1. The quantitative estimate of drug-likeness (QED) is 0.322. The maximum Gasteiger partial charge on any atom is 0.338 e. The number of carbonyl (C=O) groups excluding carboxylic acids is 2. The summed E-state index contributed by atoms with van der Waals surface area (Å²) >= 11 is 0. The van der Waals surface area contributed by atoms with Gasteiger partial charge in [0.1, 0.15) is 6.10 Å². The molecule has 1 unspecified atom stereocenters. The zero-order valence-electron chi connectivity index (χ0n) is 16.6. The van der Waals surface area contributed by atoms with Crippen LogP contribution in [0.5, 0.6) is 0 Å². The van der Waals surface area contributed by atoms with Crippen LogP contribution in [0.1, 0.15) is 99.3 Å². The summed E-state index contributed by atoms with van der Waals surface area (Å²) in [6.07, 6.45) is 9.03. The molecule has 1 rings (SSSR count). The molecule has 26 heavy (non-hydrogen) atoms. The number of carbonyl (C=O) groups is 2. The Morgan fingerprint density at radius 2 is 1.54 bits per heavy atom. The molecule has 0 amide bonds. The zero-order chi connectivity index (χ0) is 19.2. The maximum absolute atomic E-state index is 12.4. The van der Waals surface area contributed by atoms with Gasteiger partial charge in [0.2, 0.25) is 0 Å². The third kappa shape index (κ3) is 8.50. The first-order valence-corrected chi connectivity index (χ1v) is 10.1. The van der Waals surface area contributed by atoms with E-state index in [0.717, 1.165) is 57.8 Å². The molecule has 0 aliphatic rings. The number of benzene rings is 1. The number of unbranched alkanes of at least 4 members (excludes halogenated alkanes) is 4. The van der Waals surface area contributed by atoms with Crippen molar-refractivity contribution in [3.05, 3.63) is 35.4 Å². The lowest BCUT2D eigenvalue weighted by Crippen LogP contribution is -2.18. The average molecular weight is 363 g/mol. The van der Waals surface area contributed by atoms with E-state index in [1.165, 1.54) is 0 Å². The molecular formula is C22H34O4. The lowest BCUT2D eigenvalue weighted by molar-refractivity contribution is 0.0255. The number of rotatable bonds is 13. The second kappa shape index (κ2) is 13.4. The summed E-state index contributed by atoms with van der Waals surface area (Å²) in [7, 11) is 0. The minimum atomic E-state index is -0.382. The van der Waals surface area contributed by atoms with E-state index in [1.807, 2.05) is 0 Å². The minimum absolute atomic E-state index is 0.0541. The fourth-order valence-electron chi connectivity index (χ4n) is 2.79. The van der Waals surface area contributed by atoms with Crippen LogP contribution in [-0.2, 0) is 9.47 Å². The normalized spacial score (nSPS) is 11.8. The van der Waals surface area contributed by atoms with Gasteiger partial charge in [-0.2, -0.15) is 0 Å². The maximum atomic E-state index is 12.4. The van der Waals surface area contributed by atoms with Crippen molar-refractivity contribution in [2.75, 3.05) is 6.61 Å². The molecule has 146 valence electrons. The topological polar surface area (TPSA) is 52.6 Å². The molecule has 0 saturated carbocycles. The van der Waals surface area contributed by atoms with Crippen LogP contribution in [0, 0.1) is 0 Å². The molecular weight excluding hydrogens is 328 g/mol. The van der Waals surface area contributed by atoms with Crippen molar-refractivity contribution in [3.63, 3.8) is 0 Å². The third-order valence-electron chi connectivity index (χ3n) is 4.33. The van der Waals surface area contributed by atoms with E-state index in [-0.39, 0.29) is 18.0 Å². The standard InChI is InChI=1S/C22H34O4/c1-4-7-9-10-16-25-21(23)18-13-11-14-19(17-18)22(24)26-20(12-6-3)15-8-5-2/h11,13-14,17,20H,4-10,12,15-16H2,1-3H3. The SMILES string of the molecule is CCCCCCOC(=O)c1cccc(C(=O)OC(CCC)CCCC)c1. The average Bonchev–Trinajstić information content (AvgIpc) is 2.66. The summed E-state index contributed by atoms with van der Waals surface area (Å²) in [5.41, 5.74) is 0.804. The van der Waals surface area contributed by atoms with Crippen molar-refractivity contribution >= 4 is 11.9 Å². The Hall–Kier alpha value is -1.84. The second-order valence-electron chi connectivity index (χ2n) is 6.74. The Balaban J connectivity index is 2.60. The summed E-state index contributed by atoms with van der Waals surface area (Å²) in [5, 5.41) is 0. The zero-order valence-corrected chi connectivity index (χ0v) is 16.6. The highest BCUT2D eigenvalue weighted by atomic mass is 16.5. The number of hydrogen-bond acceptors (Lipinski definition) is 4. The van der Waals surface area contributed by atoms with Gasteiger partial charge in [-0.1, -0.05) is 65.4 Å². The van der Waals surface area contributed by atoms with Gasteiger partial charge in [0, 0.05) is 0 Å². The summed E-state index contributed by atoms with van der Waals surface area (Å²) in [6, 6.07) is 6.62. The monoisotopic (exact) mass is 362 g/mol. The minimum Gasteiger partial charge on any atom is -0.462 e. The van der Waals surface area contributed by atoms with Crippen LogP contribution < -0.4 is 0 Å². The highest BCUT2D eigenvalue weighted by Crippen LogP contribution is 2.15. The van der Waals surface area contributed by atoms with Gasteiger partial charge in [-0.25, -0.2) is 9.59 Å². The van der Waals surface area contributed by atoms with E-state index < -0.39 is 0 Å². The summed E-state index contributed by atoms with van der Waals surface area (Å²) in [5.74, 6) is -0.746. The van der Waals surface area contributed by atoms with Crippen LogP contribution in [0.15, 0.2) is 24.3 Å². The summed E-state index contributed by atoms with van der Waals surface area (Å²) < 4.78 is 10.9. The van der Waals surface area contributed by atoms with Crippen LogP contribution >= 0.6 is 0 Å². The highest BCUT2D eigenvalue weighted by Gasteiger charge is 2.17. The number of ether oxygens (including phenoxy) is 2. The van der Waals surface area contributed by atoms with Crippen LogP contribution in [0.25, 0.3) is 0 Å². The molecule has 0 radical (unpaired) electrons. The Labute approximate surface area is 158 Å². The Morgan fingerprint density at radius 1 is 0.846 bits per heavy atom. The van der Waals surface area contributed by atoms with E-state index in [9.17, 15) is 9.59 Å². The van der Waals surface area contributed by atoms with Crippen molar-refractivity contribution in [2.24, 2.45) is 0 Å². The molecule has 0 N–H and O–H groups in total. The molecule has 0 aliphatic heterocycles. The van der Waals surface area contributed by atoms with E-state index >= 15 is 0 Å². The fraction of sp³-hybridized carbons (Fsp3) is 0.636. The van der Waals surface area contributed by atoms with Crippen molar-refractivity contribution in [2.45, 2.75) is 84.7 Å². The predicted octanol–water partition coefficient (Wildman–Crippen LogP) is 5.94.